The summed E-state index contributed by atoms with van der Waals surface area (Å²) in [4.78, 5) is 27.7. The average molecular weight is 366 g/mol. The molecule has 1 saturated heterocycles. The summed E-state index contributed by atoms with van der Waals surface area (Å²) >= 11 is 0. The van der Waals surface area contributed by atoms with Crippen molar-refractivity contribution in [2.75, 3.05) is 26.7 Å². The van der Waals surface area contributed by atoms with Crippen LogP contribution in [0.2, 0.25) is 0 Å². The highest BCUT2D eigenvalue weighted by molar-refractivity contribution is 5.97. The molecule has 0 aliphatic carbocycles. The summed E-state index contributed by atoms with van der Waals surface area (Å²) in [5.74, 6) is -0.141. The Balaban J connectivity index is 1.70. The van der Waals surface area contributed by atoms with Crippen molar-refractivity contribution >= 4 is 11.8 Å². The largest absolute Gasteiger partial charge is 0.388 e. The third kappa shape index (κ3) is 4.37. The zero-order chi connectivity index (χ0) is 19.4. The fraction of sp³-hybridized carbons (Fsp3) is 0.364. The van der Waals surface area contributed by atoms with Gasteiger partial charge >= 0.3 is 0 Å². The van der Waals surface area contributed by atoms with E-state index in [0.29, 0.717) is 18.7 Å². The maximum Gasteiger partial charge on any atom is 0.254 e. The van der Waals surface area contributed by atoms with Crippen LogP contribution in [-0.2, 0) is 4.79 Å². The minimum atomic E-state index is -0.421. The first kappa shape index (κ1) is 19.1. The SMILES string of the molecule is CCC[C@@H](O)c1ccc(-c2ccc(C(=O)N3CCN(C)C(=O)C3)cc2)cc1. The molecule has 2 aromatic carbocycles. The van der Waals surface area contributed by atoms with Gasteiger partial charge in [0.2, 0.25) is 5.91 Å². The highest BCUT2D eigenvalue weighted by atomic mass is 16.3. The fourth-order valence-corrected chi connectivity index (χ4v) is 3.26. The van der Waals surface area contributed by atoms with Crippen LogP contribution in [0.5, 0.6) is 0 Å². The van der Waals surface area contributed by atoms with Gasteiger partial charge in [0.25, 0.3) is 5.91 Å². The summed E-state index contributed by atoms with van der Waals surface area (Å²) in [5, 5.41) is 10.1. The van der Waals surface area contributed by atoms with Crippen molar-refractivity contribution in [1.82, 2.24) is 9.80 Å². The standard InChI is InChI=1S/C22H26N2O3/c1-3-4-20(25)18-9-5-16(6-10-18)17-7-11-19(12-8-17)22(27)24-14-13-23(2)21(26)15-24/h5-12,20,25H,3-4,13-15H2,1-2H3/t20-/m1/s1. The zero-order valence-corrected chi connectivity index (χ0v) is 15.9. The number of aliphatic hydroxyl groups is 1. The molecule has 5 nitrogen and oxygen atoms in total. The second kappa shape index (κ2) is 8.35. The van der Waals surface area contributed by atoms with Gasteiger partial charge in [-0.25, -0.2) is 0 Å². The molecule has 1 N–H and O–H groups in total. The highest BCUT2D eigenvalue weighted by Gasteiger charge is 2.25. The van der Waals surface area contributed by atoms with Crippen LogP contribution >= 0.6 is 0 Å². The number of benzene rings is 2. The van der Waals surface area contributed by atoms with E-state index in [1.165, 1.54) is 0 Å². The smallest absolute Gasteiger partial charge is 0.254 e. The molecule has 0 saturated carbocycles. The number of carbonyl (C=O) groups excluding carboxylic acids is 2. The molecule has 0 bridgehead atoms. The lowest BCUT2D eigenvalue weighted by molar-refractivity contribution is -0.133. The molecule has 5 heteroatoms. The third-order valence-corrected chi connectivity index (χ3v) is 5.07. The lowest BCUT2D eigenvalue weighted by Crippen LogP contribution is -2.50. The summed E-state index contributed by atoms with van der Waals surface area (Å²) < 4.78 is 0. The molecular weight excluding hydrogens is 340 g/mol. The Morgan fingerprint density at radius 3 is 2.19 bits per heavy atom. The Morgan fingerprint density at radius 2 is 1.63 bits per heavy atom. The maximum atomic E-state index is 12.6. The number of carbonyl (C=O) groups is 2. The first-order valence-electron chi connectivity index (χ1n) is 9.41. The van der Waals surface area contributed by atoms with Crippen molar-refractivity contribution in [3.05, 3.63) is 59.7 Å². The summed E-state index contributed by atoms with van der Waals surface area (Å²) in [7, 11) is 1.76. The van der Waals surface area contributed by atoms with Crippen LogP contribution in [0.15, 0.2) is 48.5 Å². The van der Waals surface area contributed by atoms with Gasteiger partial charge in [0, 0.05) is 25.7 Å². The molecule has 0 radical (unpaired) electrons. The van der Waals surface area contributed by atoms with Crippen LogP contribution < -0.4 is 0 Å². The molecule has 1 heterocycles. The lowest BCUT2D eigenvalue weighted by Gasteiger charge is -2.32. The van der Waals surface area contributed by atoms with Gasteiger partial charge < -0.3 is 14.9 Å². The van der Waals surface area contributed by atoms with Gasteiger partial charge in [-0.2, -0.15) is 0 Å². The molecular formula is C22H26N2O3. The van der Waals surface area contributed by atoms with E-state index < -0.39 is 6.10 Å². The fourth-order valence-electron chi connectivity index (χ4n) is 3.26. The number of aliphatic hydroxyl groups excluding tert-OH is 1. The van der Waals surface area contributed by atoms with E-state index in [9.17, 15) is 14.7 Å². The molecule has 1 aliphatic heterocycles. The predicted molar refractivity (Wildman–Crippen MR) is 105 cm³/mol. The molecule has 1 atom stereocenters. The third-order valence-electron chi connectivity index (χ3n) is 5.07. The van der Waals surface area contributed by atoms with Gasteiger partial charge in [-0.1, -0.05) is 49.7 Å². The minimum Gasteiger partial charge on any atom is -0.388 e. The maximum absolute atomic E-state index is 12.6. The highest BCUT2D eigenvalue weighted by Crippen LogP contribution is 2.24. The van der Waals surface area contributed by atoms with Crippen LogP contribution in [0.25, 0.3) is 11.1 Å². The van der Waals surface area contributed by atoms with E-state index in [0.717, 1.165) is 29.5 Å². The average Bonchev–Trinajstić information content (AvgIpc) is 2.70. The second-order valence-corrected chi connectivity index (χ2v) is 7.05. The molecule has 2 aromatic rings. The van der Waals surface area contributed by atoms with Gasteiger partial charge in [0.15, 0.2) is 0 Å². The topological polar surface area (TPSA) is 60.9 Å². The number of hydrogen-bond donors (Lipinski definition) is 1. The van der Waals surface area contributed by atoms with Crippen molar-refractivity contribution < 1.29 is 14.7 Å². The molecule has 0 spiro atoms. The van der Waals surface area contributed by atoms with Gasteiger partial charge in [-0.3, -0.25) is 9.59 Å². The molecule has 0 unspecified atom stereocenters. The molecule has 27 heavy (non-hydrogen) atoms. The number of hydrogen-bond acceptors (Lipinski definition) is 3. The Bertz CT molecular complexity index is 799. The predicted octanol–water partition coefficient (Wildman–Crippen LogP) is 3.10. The van der Waals surface area contributed by atoms with E-state index >= 15 is 0 Å². The Labute approximate surface area is 160 Å². The van der Waals surface area contributed by atoms with E-state index in [2.05, 4.69) is 6.92 Å². The number of nitrogens with zero attached hydrogens (tertiary/aromatic N) is 2. The quantitative estimate of drug-likeness (QED) is 0.884. The van der Waals surface area contributed by atoms with Crippen molar-refractivity contribution in [2.24, 2.45) is 0 Å². The lowest BCUT2D eigenvalue weighted by atomic mass is 9.99. The Morgan fingerprint density at radius 1 is 1.04 bits per heavy atom. The van der Waals surface area contributed by atoms with Crippen LogP contribution in [0.3, 0.4) is 0 Å². The summed E-state index contributed by atoms with van der Waals surface area (Å²) in [6, 6.07) is 15.3. The van der Waals surface area contributed by atoms with E-state index in [1.807, 2.05) is 36.4 Å². The van der Waals surface area contributed by atoms with E-state index in [-0.39, 0.29) is 18.4 Å². The van der Waals surface area contributed by atoms with Crippen LogP contribution in [0, 0.1) is 0 Å². The van der Waals surface area contributed by atoms with Gasteiger partial charge in [-0.05, 0) is 35.2 Å². The second-order valence-electron chi connectivity index (χ2n) is 7.05. The Kier molecular flexibility index (Phi) is 5.91. The van der Waals surface area contributed by atoms with Gasteiger partial charge in [0.1, 0.15) is 6.54 Å². The van der Waals surface area contributed by atoms with Crippen LogP contribution in [-0.4, -0.2) is 53.4 Å². The number of rotatable bonds is 5. The van der Waals surface area contributed by atoms with Crippen LogP contribution in [0.4, 0.5) is 0 Å². The van der Waals surface area contributed by atoms with Crippen molar-refractivity contribution in [1.29, 1.82) is 0 Å². The molecule has 2 amide bonds. The zero-order valence-electron chi connectivity index (χ0n) is 15.9. The normalized spacial score (nSPS) is 15.7. The summed E-state index contributed by atoms with van der Waals surface area (Å²) in [5.41, 5.74) is 3.56. The first-order valence-corrected chi connectivity index (χ1v) is 9.41. The Hall–Kier alpha value is -2.66. The molecule has 1 aliphatic rings. The monoisotopic (exact) mass is 366 g/mol. The number of amides is 2. The van der Waals surface area contributed by atoms with E-state index in [1.54, 1.807) is 29.0 Å². The van der Waals surface area contributed by atoms with Gasteiger partial charge in [-0.15, -0.1) is 0 Å². The minimum absolute atomic E-state index is 0.0310. The van der Waals surface area contributed by atoms with Crippen molar-refractivity contribution in [3.63, 3.8) is 0 Å². The van der Waals surface area contributed by atoms with Crippen molar-refractivity contribution in [2.45, 2.75) is 25.9 Å². The van der Waals surface area contributed by atoms with Crippen molar-refractivity contribution in [3.8, 4) is 11.1 Å². The molecule has 0 aromatic heterocycles. The van der Waals surface area contributed by atoms with E-state index in [4.69, 9.17) is 0 Å². The van der Waals surface area contributed by atoms with Gasteiger partial charge in [0.05, 0.1) is 6.10 Å². The molecule has 142 valence electrons. The summed E-state index contributed by atoms with van der Waals surface area (Å²) in [6.07, 6.45) is 1.28. The number of piperazine rings is 1. The molecule has 3 rings (SSSR count). The summed E-state index contributed by atoms with van der Waals surface area (Å²) in [6.45, 7) is 3.32. The number of likely N-dealkylation sites (N-methyl/N-ethyl adjacent to an activating group) is 1. The van der Waals surface area contributed by atoms with Crippen LogP contribution in [0.1, 0.15) is 41.8 Å². The first-order chi connectivity index (χ1) is 13.0. The molecule has 1 fully saturated rings.